The highest BCUT2D eigenvalue weighted by Gasteiger charge is 2.30. The van der Waals surface area contributed by atoms with Gasteiger partial charge >= 0.3 is 0 Å². The predicted octanol–water partition coefficient (Wildman–Crippen LogP) is 18.2. The van der Waals surface area contributed by atoms with E-state index < -0.39 is 0 Å². The summed E-state index contributed by atoms with van der Waals surface area (Å²) >= 11 is 0. The van der Waals surface area contributed by atoms with E-state index in [2.05, 4.69) is 296 Å². The van der Waals surface area contributed by atoms with Crippen LogP contribution in [-0.2, 0) is 21.7 Å². The fourth-order valence-electron chi connectivity index (χ4n) is 10.7. The van der Waals surface area contributed by atoms with Crippen LogP contribution in [-0.4, -0.2) is 16.2 Å². The molecule has 11 rings (SSSR count). The number of hydrogen-bond acceptors (Lipinski definition) is 4. The maximum atomic E-state index is 7.13. The van der Waals surface area contributed by atoms with E-state index in [9.17, 15) is 0 Å². The van der Waals surface area contributed by atoms with E-state index in [1.54, 1.807) is 0 Å². The minimum absolute atomic E-state index is 0.0533. The Hall–Kier alpha value is -8.15. The van der Waals surface area contributed by atoms with Gasteiger partial charge in [0, 0.05) is 57.5 Å². The fraction of sp³-hybridized carbons (Fsp3) is 0.214. The van der Waals surface area contributed by atoms with Gasteiger partial charge in [-0.15, -0.1) is 0 Å². The molecule has 0 radical (unpaired) electrons. The number of anilines is 2. The van der Waals surface area contributed by atoms with Crippen molar-refractivity contribution in [3.05, 3.63) is 258 Å². The lowest BCUT2D eigenvalue weighted by Gasteiger charge is -2.29. The van der Waals surface area contributed by atoms with Gasteiger partial charge in [0.05, 0.1) is 23.4 Å². The van der Waals surface area contributed by atoms with Crippen LogP contribution in [0.5, 0.6) is 11.5 Å². The summed E-state index contributed by atoms with van der Waals surface area (Å²) in [6, 6.07) is 74.9. The molecule has 1 aliphatic heterocycles. The molecule has 8 aromatic carbocycles. The summed E-state index contributed by atoms with van der Waals surface area (Å²) in [5.74, 6) is 2.40. The zero-order valence-corrected chi connectivity index (χ0v) is 45.2. The second-order valence-electron chi connectivity index (χ2n) is 23.5. The summed E-state index contributed by atoms with van der Waals surface area (Å²) in [7, 11) is 0. The third-order valence-electron chi connectivity index (χ3n) is 15.6. The number of hydrogen-bond donors (Lipinski definition) is 0. The molecule has 0 bridgehead atoms. The molecule has 75 heavy (non-hydrogen) atoms. The SMILES string of the molecule is CC(C)(C)c1cc(Oc2ccc3c4cc(C(C)(C)c5ccccc5)ccc4n(-c4cc(C(C)(C)c5ccccc5)ccn4)c3c2)cc(N2C=C(c3ccccc3)N(c3cc(-c4ccccc4)cc(C(C)(C)C)c3)C2)c1. The molecule has 0 fully saturated rings. The van der Waals surface area contributed by atoms with Crippen molar-refractivity contribution in [2.45, 2.75) is 90.9 Å². The summed E-state index contributed by atoms with van der Waals surface area (Å²) in [6.45, 7) is 23.6. The minimum atomic E-state index is -0.250. The maximum Gasteiger partial charge on any atom is 0.137 e. The Kier molecular flexibility index (Phi) is 12.4. The van der Waals surface area contributed by atoms with Gasteiger partial charge in [0.2, 0.25) is 0 Å². The summed E-state index contributed by atoms with van der Waals surface area (Å²) in [4.78, 5) is 9.96. The number of rotatable bonds is 11. The van der Waals surface area contributed by atoms with Gasteiger partial charge in [-0.25, -0.2) is 4.98 Å². The summed E-state index contributed by atoms with van der Waals surface area (Å²) in [5, 5.41) is 2.32. The van der Waals surface area contributed by atoms with Crippen LogP contribution in [0.15, 0.2) is 219 Å². The molecule has 0 N–H and O–H groups in total. The van der Waals surface area contributed by atoms with Crippen LogP contribution in [0, 0.1) is 0 Å². The molecule has 0 spiro atoms. The van der Waals surface area contributed by atoms with E-state index in [0.717, 1.165) is 56.4 Å². The van der Waals surface area contributed by atoms with Crippen LogP contribution in [0.1, 0.15) is 108 Å². The molecule has 0 atom stereocenters. The van der Waals surface area contributed by atoms with Crippen LogP contribution in [0.4, 0.5) is 11.4 Å². The molecule has 2 aromatic heterocycles. The molecule has 0 saturated carbocycles. The van der Waals surface area contributed by atoms with Crippen molar-refractivity contribution in [1.82, 2.24) is 9.55 Å². The zero-order valence-electron chi connectivity index (χ0n) is 45.2. The molecule has 1 aliphatic rings. The molecule has 0 unspecified atom stereocenters. The van der Waals surface area contributed by atoms with Crippen LogP contribution >= 0.6 is 0 Å². The van der Waals surface area contributed by atoms with Crippen molar-refractivity contribution in [3.63, 3.8) is 0 Å². The van der Waals surface area contributed by atoms with Gasteiger partial charge in [-0.3, -0.25) is 4.57 Å². The first kappa shape index (κ1) is 49.1. The van der Waals surface area contributed by atoms with Crippen molar-refractivity contribution in [2.75, 3.05) is 16.5 Å². The van der Waals surface area contributed by atoms with Crippen LogP contribution in [0.25, 0.3) is 44.4 Å². The van der Waals surface area contributed by atoms with Crippen LogP contribution in [0.3, 0.4) is 0 Å². The number of pyridine rings is 1. The fourth-order valence-corrected chi connectivity index (χ4v) is 10.7. The summed E-state index contributed by atoms with van der Waals surface area (Å²) in [5.41, 5.74) is 15.9. The Morgan fingerprint density at radius 3 is 1.60 bits per heavy atom. The van der Waals surface area contributed by atoms with Gasteiger partial charge in [-0.1, -0.05) is 203 Å². The Morgan fingerprint density at radius 2 is 0.973 bits per heavy atom. The van der Waals surface area contributed by atoms with E-state index in [4.69, 9.17) is 9.72 Å². The first-order valence-electron chi connectivity index (χ1n) is 26.4. The second kappa shape index (κ2) is 19.0. The number of fused-ring (bicyclic) bond motifs is 3. The molecule has 10 aromatic rings. The van der Waals surface area contributed by atoms with Gasteiger partial charge in [0.1, 0.15) is 17.3 Å². The molecule has 5 heteroatoms. The van der Waals surface area contributed by atoms with Gasteiger partial charge in [-0.05, 0) is 122 Å². The average Bonchev–Trinajstić information content (AvgIpc) is 4.02. The van der Waals surface area contributed by atoms with Crippen molar-refractivity contribution >= 4 is 38.9 Å². The van der Waals surface area contributed by atoms with E-state index >= 15 is 0 Å². The third kappa shape index (κ3) is 9.53. The van der Waals surface area contributed by atoms with Gasteiger partial charge < -0.3 is 14.5 Å². The molecule has 374 valence electrons. The highest BCUT2D eigenvalue weighted by atomic mass is 16.5. The topological polar surface area (TPSA) is 33.5 Å². The lowest BCUT2D eigenvalue weighted by atomic mass is 9.78. The first-order valence-corrected chi connectivity index (χ1v) is 26.4. The first-order chi connectivity index (χ1) is 35.9. The van der Waals surface area contributed by atoms with Crippen LogP contribution in [0.2, 0.25) is 0 Å². The molecule has 5 nitrogen and oxygen atoms in total. The minimum Gasteiger partial charge on any atom is -0.457 e. The molecule has 0 amide bonds. The Labute approximate surface area is 444 Å². The van der Waals surface area contributed by atoms with Crippen LogP contribution < -0.4 is 14.5 Å². The number of benzene rings is 8. The van der Waals surface area contributed by atoms with Gasteiger partial charge in [0.25, 0.3) is 0 Å². The lowest BCUT2D eigenvalue weighted by molar-refractivity contribution is 0.479. The van der Waals surface area contributed by atoms with Crippen molar-refractivity contribution in [2.24, 2.45) is 0 Å². The third-order valence-corrected chi connectivity index (χ3v) is 15.6. The van der Waals surface area contributed by atoms with Crippen molar-refractivity contribution in [3.8, 4) is 28.4 Å². The lowest BCUT2D eigenvalue weighted by Crippen LogP contribution is -2.27. The van der Waals surface area contributed by atoms with E-state index in [-0.39, 0.29) is 21.7 Å². The summed E-state index contributed by atoms with van der Waals surface area (Å²) < 4.78 is 9.45. The highest BCUT2D eigenvalue weighted by molar-refractivity contribution is 6.10. The standard InChI is InChI=1S/C70H68N4O/c1-67(2,3)55-37-50(48-23-15-11-16-24-48)38-58(40-55)73-47-72(46-65(73)49-25-17-12-18-26-49)57-39-56(68(4,5)6)41-60(44-57)75-59-32-33-61-62-42-53(69(7,8)51-27-19-13-20-28-51)31-34-63(62)74(64(61)45-59)66-43-54(35-36-71-66)70(9,10)52-29-21-14-22-30-52/h11-46H,47H2,1-10H3. The highest BCUT2D eigenvalue weighted by Crippen LogP contribution is 2.44. The van der Waals surface area contributed by atoms with E-state index in [1.807, 2.05) is 6.20 Å². The van der Waals surface area contributed by atoms with Gasteiger partial charge in [-0.2, -0.15) is 0 Å². The van der Waals surface area contributed by atoms with Crippen molar-refractivity contribution in [1.29, 1.82) is 0 Å². The molecular weight excluding hydrogens is 913 g/mol. The average molecular weight is 981 g/mol. The van der Waals surface area contributed by atoms with Crippen molar-refractivity contribution < 1.29 is 4.74 Å². The monoisotopic (exact) mass is 981 g/mol. The predicted molar refractivity (Wildman–Crippen MR) is 316 cm³/mol. The summed E-state index contributed by atoms with van der Waals surface area (Å²) in [6.07, 6.45) is 4.27. The molecule has 3 heterocycles. The van der Waals surface area contributed by atoms with E-state index in [1.165, 1.54) is 49.9 Å². The Morgan fingerprint density at radius 1 is 0.400 bits per heavy atom. The number of aromatic nitrogens is 2. The molecule has 0 saturated heterocycles. The number of ether oxygens (including phenoxy) is 1. The molecular formula is C70H68N4O. The maximum absolute atomic E-state index is 7.13. The quantitative estimate of drug-likeness (QED) is 0.129. The normalized spacial score (nSPS) is 13.4. The zero-order chi connectivity index (χ0) is 52.3. The number of nitrogens with zero attached hydrogens (tertiary/aromatic N) is 4. The van der Waals surface area contributed by atoms with E-state index in [0.29, 0.717) is 6.67 Å². The Balaban J connectivity index is 1.02. The smallest absolute Gasteiger partial charge is 0.137 e. The molecule has 0 aliphatic carbocycles. The van der Waals surface area contributed by atoms with Gasteiger partial charge in [0.15, 0.2) is 0 Å². The Bertz CT molecular complexity index is 3730. The largest absolute Gasteiger partial charge is 0.457 e. The second-order valence-corrected chi connectivity index (χ2v) is 23.5.